The molecule has 1 heterocycles. The Bertz CT molecular complexity index is 233. The lowest BCUT2D eigenvalue weighted by molar-refractivity contribution is -0.135. The van der Waals surface area contributed by atoms with Gasteiger partial charge in [0.15, 0.2) is 0 Å². The molecule has 0 aromatic heterocycles. The highest BCUT2D eigenvalue weighted by Crippen LogP contribution is 2.21. The van der Waals surface area contributed by atoms with E-state index in [2.05, 4.69) is 16.5 Å². The largest absolute Gasteiger partial charge is 0.342 e. The van der Waals surface area contributed by atoms with Gasteiger partial charge in [-0.1, -0.05) is 6.92 Å². The van der Waals surface area contributed by atoms with Gasteiger partial charge in [-0.2, -0.15) is 11.8 Å². The lowest BCUT2D eigenvalue weighted by Gasteiger charge is -2.33. The van der Waals surface area contributed by atoms with Crippen LogP contribution in [0.1, 0.15) is 26.2 Å². The molecule has 5 heteroatoms. The second-order valence-electron chi connectivity index (χ2n) is 5.02. The number of thioether (sulfide) groups is 1. The Kier molecular flexibility index (Phi) is 9.97. The van der Waals surface area contributed by atoms with Crippen molar-refractivity contribution in [2.24, 2.45) is 11.8 Å². The Morgan fingerprint density at radius 1 is 1.44 bits per heavy atom. The molecule has 0 aromatic carbocycles. The number of carbonyl (C=O) groups is 1. The van der Waals surface area contributed by atoms with E-state index in [1.807, 2.05) is 14.0 Å². The van der Waals surface area contributed by atoms with Crippen LogP contribution >= 0.6 is 24.2 Å². The third-order valence-electron chi connectivity index (χ3n) is 3.57. The van der Waals surface area contributed by atoms with E-state index in [1.165, 1.54) is 19.3 Å². The number of nitrogens with zero attached hydrogens (tertiary/aromatic N) is 1. The minimum atomic E-state index is 0. The first-order chi connectivity index (χ1) is 8.19. The van der Waals surface area contributed by atoms with Crippen molar-refractivity contribution in [1.82, 2.24) is 10.2 Å². The topological polar surface area (TPSA) is 32.3 Å². The highest BCUT2D eigenvalue weighted by Gasteiger charge is 2.25. The SMILES string of the molecule is CNCCC1CCN(C(=O)C(C)CSC)CC1.Cl. The molecular weight excluding hydrogens is 268 g/mol. The van der Waals surface area contributed by atoms with Crippen LogP contribution in [-0.4, -0.2) is 49.5 Å². The molecule has 1 fully saturated rings. The van der Waals surface area contributed by atoms with E-state index in [1.54, 1.807) is 11.8 Å². The highest BCUT2D eigenvalue weighted by atomic mass is 35.5. The molecule has 1 aliphatic rings. The summed E-state index contributed by atoms with van der Waals surface area (Å²) in [5.41, 5.74) is 0. The molecule has 0 saturated carbocycles. The minimum absolute atomic E-state index is 0. The average molecular weight is 295 g/mol. The fraction of sp³-hybridized carbons (Fsp3) is 0.923. The number of carbonyl (C=O) groups excluding carboxylic acids is 1. The van der Waals surface area contributed by atoms with Gasteiger partial charge in [0.25, 0.3) is 0 Å². The Morgan fingerprint density at radius 2 is 2.06 bits per heavy atom. The first-order valence-electron chi connectivity index (χ1n) is 6.61. The molecule has 1 atom stereocenters. The monoisotopic (exact) mass is 294 g/mol. The normalized spacial score (nSPS) is 18.3. The summed E-state index contributed by atoms with van der Waals surface area (Å²) < 4.78 is 0. The summed E-state index contributed by atoms with van der Waals surface area (Å²) in [6.07, 6.45) is 5.67. The number of halogens is 1. The lowest BCUT2D eigenvalue weighted by atomic mass is 9.93. The zero-order valence-corrected chi connectivity index (χ0v) is 13.4. The molecule has 1 N–H and O–H groups in total. The Balaban J connectivity index is 0.00000289. The highest BCUT2D eigenvalue weighted by molar-refractivity contribution is 7.98. The van der Waals surface area contributed by atoms with E-state index in [4.69, 9.17) is 0 Å². The molecule has 0 spiro atoms. The maximum absolute atomic E-state index is 12.1. The third-order valence-corrected chi connectivity index (χ3v) is 4.40. The van der Waals surface area contributed by atoms with E-state index < -0.39 is 0 Å². The molecule has 0 radical (unpaired) electrons. The van der Waals surface area contributed by atoms with Crippen molar-refractivity contribution in [1.29, 1.82) is 0 Å². The second-order valence-corrected chi connectivity index (χ2v) is 5.93. The number of likely N-dealkylation sites (tertiary alicyclic amines) is 1. The molecule has 1 aliphatic heterocycles. The molecular formula is C13H27ClN2OS. The number of hydrogen-bond acceptors (Lipinski definition) is 3. The maximum atomic E-state index is 12.1. The van der Waals surface area contributed by atoms with E-state index in [0.717, 1.165) is 31.3 Å². The van der Waals surface area contributed by atoms with Crippen LogP contribution in [0.5, 0.6) is 0 Å². The molecule has 1 amide bonds. The maximum Gasteiger partial charge on any atom is 0.226 e. The van der Waals surface area contributed by atoms with Gasteiger partial charge in [0.05, 0.1) is 0 Å². The molecule has 3 nitrogen and oxygen atoms in total. The van der Waals surface area contributed by atoms with Crippen molar-refractivity contribution in [3.05, 3.63) is 0 Å². The Morgan fingerprint density at radius 3 is 2.56 bits per heavy atom. The number of rotatable bonds is 6. The summed E-state index contributed by atoms with van der Waals surface area (Å²) in [5.74, 6) is 2.28. The van der Waals surface area contributed by atoms with Gasteiger partial charge in [0, 0.05) is 24.8 Å². The van der Waals surface area contributed by atoms with Crippen molar-refractivity contribution in [3.63, 3.8) is 0 Å². The smallest absolute Gasteiger partial charge is 0.226 e. The quantitative estimate of drug-likeness (QED) is 0.815. The van der Waals surface area contributed by atoms with Crippen molar-refractivity contribution < 1.29 is 4.79 Å². The molecule has 18 heavy (non-hydrogen) atoms. The number of hydrogen-bond donors (Lipinski definition) is 1. The fourth-order valence-corrected chi connectivity index (χ4v) is 3.07. The van der Waals surface area contributed by atoms with Gasteiger partial charge < -0.3 is 10.2 Å². The molecule has 1 saturated heterocycles. The molecule has 0 bridgehead atoms. The summed E-state index contributed by atoms with van der Waals surface area (Å²) in [5, 5.41) is 3.20. The van der Waals surface area contributed by atoms with Crippen LogP contribution in [0.25, 0.3) is 0 Å². The van der Waals surface area contributed by atoms with Crippen molar-refractivity contribution in [2.75, 3.05) is 38.7 Å². The van der Waals surface area contributed by atoms with Crippen LogP contribution in [-0.2, 0) is 4.79 Å². The first-order valence-corrected chi connectivity index (χ1v) is 8.00. The summed E-state index contributed by atoms with van der Waals surface area (Å²) in [6, 6.07) is 0. The number of piperidine rings is 1. The first kappa shape index (κ1) is 18.1. The van der Waals surface area contributed by atoms with Gasteiger partial charge >= 0.3 is 0 Å². The summed E-state index contributed by atoms with van der Waals surface area (Å²) in [6.45, 7) is 5.07. The van der Waals surface area contributed by atoms with Crippen molar-refractivity contribution in [3.8, 4) is 0 Å². The van der Waals surface area contributed by atoms with Gasteiger partial charge in [-0.3, -0.25) is 4.79 Å². The molecule has 1 unspecified atom stereocenters. The predicted molar refractivity (Wildman–Crippen MR) is 82.6 cm³/mol. The van der Waals surface area contributed by atoms with Gasteiger partial charge in [-0.25, -0.2) is 0 Å². The molecule has 1 rings (SSSR count). The number of amides is 1. The van der Waals surface area contributed by atoms with Crippen molar-refractivity contribution >= 4 is 30.1 Å². The van der Waals surface area contributed by atoms with E-state index >= 15 is 0 Å². The van der Waals surface area contributed by atoms with E-state index in [0.29, 0.717) is 5.91 Å². The molecule has 0 aromatic rings. The third kappa shape index (κ3) is 5.81. The van der Waals surface area contributed by atoms with Crippen LogP contribution in [0.15, 0.2) is 0 Å². The van der Waals surface area contributed by atoms with Gasteiger partial charge in [0.2, 0.25) is 5.91 Å². The van der Waals surface area contributed by atoms with E-state index in [9.17, 15) is 4.79 Å². The van der Waals surface area contributed by atoms with Crippen LogP contribution in [0.2, 0.25) is 0 Å². The standard InChI is InChI=1S/C13H26N2OS.ClH/c1-11(10-17-3)13(16)15-8-5-12(6-9-15)4-7-14-2;/h11-12,14H,4-10H2,1-3H3;1H. The van der Waals surface area contributed by atoms with Crippen LogP contribution in [0.3, 0.4) is 0 Å². The second kappa shape index (κ2) is 9.93. The fourth-order valence-electron chi connectivity index (χ4n) is 2.42. The van der Waals surface area contributed by atoms with Crippen LogP contribution < -0.4 is 5.32 Å². The minimum Gasteiger partial charge on any atom is -0.342 e. The van der Waals surface area contributed by atoms with E-state index in [-0.39, 0.29) is 18.3 Å². The zero-order valence-electron chi connectivity index (χ0n) is 11.8. The molecule has 108 valence electrons. The van der Waals surface area contributed by atoms with Crippen LogP contribution in [0.4, 0.5) is 0 Å². The van der Waals surface area contributed by atoms with Crippen molar-refractivity contribution in [2.45, 2.75) is 26.2 Å². The average Bonchev–Trinajstić information content (AvgIpc) is 2.36. The van der Waals surface area contributed by atoms with Gasteiger partial charge in [-0.05, 0) is 45.0 Å². The molecule has 0 aliphatic carbocycles. The number of nitrogens with one attached hydrogen (secondary N) is 1. The summed E-state index contributed by atoms with van der Waals surface area (Å²) >= 11 is 1.76. The van der Waals surface area contributed by atoms with Gasteiger partial charge in [0.1, 0.15) is 0 Å². The summed E-state index contributed by atoms with van der Waals surface area (Å²) in [4.78, 5) is 14.2. The lowest BCUT2D eigenvalue weighted by Crippen LogP contribution is -2.42. The predicted octanol–water partition coefficient (Wildman–Crippen LogP) is 2.26. The summed E-state index contributed by atoms with van der Waals surface area (Å²) in [7, 11) is 2.00. The van der Waals surface area contributed by atoms with Gasteiger partial charge in [-0.15, -0.1) is 12.4 Å². The zero-order chi connectivity index (χ0) is 12.7. The van der Waals surface area contributed by atoms with Crippen LogP contribution in [0, 0.1) is 11.8 Å². The Hall–Kier alpha value is 0.0700. The Labute approximate surface area is 122 Å².